The summed E-state index contributed by atoms with van der Waals surface area (Å²) in [4.78, 5) is 36.4. The Kier molecular flexibility index (Phi) is 6.06. The normalized spacial score (nSPS) is 19.9. The molecule has 1 N–H and O–H groups in total. The molecule has 1 aliphatic carbocycles. The largest absolute Gasteiger partial charge is 0.469 e. The van der Waals surface area contributed by atoms with E-state index in [1.807, 2.05) is 0 Å². The third-order valence-electron chi connectivity index (χ3n) is 5.07. The fourth-order valence-electron chi connectivity index (χ4n) is 3.58. The Labute approximate surface area is 157 Å². The van der Waals surface area contributed by atoms with Gasteiger partial charge in [-0.05, 0) is 37.0 Å². The van der Waals surface area contributed by atoms with E-state index in [1.54, 1.807) is 24.3 Å². The van der Waals surface area contributed by atoms with Gasteiger partial charge in [-0.1, -0.05) is 25.0 Å². The highest BCUT2D eigenvalue weighted by atomic mass is 16.5. The fraction of sp³-hybridized carbons (Fsp3) is 0.381. The van der Waals surface area contributed by atoms with E-state index in [2.05, 4.69) is 5.32 Å². The molecule has 1 amide bonds. The van der Waals surface area contributed by atoms with Gasteiger partial charge in [-0.3, -0.25) is 14.4 Å². The number of nitrogens with one attached hydrogen (secondary N) is 1. The molecule has 2 atom stereocenters. The molecule has 3 rings (SSSR count). The standard InChI is InChI=1S/C21H23NO5/c1-26-21(25)16-7-3-2-6-14(16)12-22-19(23)11-10-15-13-27-18-9-5-4-8-17(18)20(15)24/h4-5,8-11,13-14,16H,2-3,6-7,12H2,1H3,(H,22,23)/b11-10+. The number of carbonyl (C=O) groups excluding carboxylic acids is 2. The van der Waals surface area contributed by atoms with Crippen LogP contribution in [-0.4, -0.2) is 25.5 Å². The van der Waals surface area contributed by atoms with Crippen LogP contribution in [0, 0.1) is 11.8 Å². The molecule has 142 valence electrons. The lowest BCUT2D eigenvalue weighted by molar-refractivity contribution is -0.148. The number of para-hydroxylation sites is 1. The predicted molar refractivity (Wildman–Crippen MR) is 102 cm³/mol. The topological polar surface area (TPSA) is 85.6 Å². The Bertz CT molecular complexity index is 914. The fourth-order valence-corrected chi connectivity index (χ4v) is 3.58. The van der Waals surface area contributed by atoms with Crippen LogP contribution in [0.1, 0.15) is 31.2 Å². The summed E-state index contributed by atoms with van der Waals surface area (Å²) in [5.74, 6) is -0.607. The molecule has 1 aliphatic rings. The second kappa shape index (κ2) is 8.66. The summed E-state index contributed by atoms with van der Waals surface area (Å²) in [6.45, 7) is 0.412. The van der Waals surface area contributed by atoms with Crippen LogP contribution in [0.2, 0.25) is 0 Å². The Morgan fingerprint density at radius 2 is 2.04 bits per heavy atom. The minimum Gasteiger partial charge on any atom is -0.469 e. The summed E-state index contributed by atoms with van der Waals surface area (Å²) in [5.41, 5.74) is 0.642. The van der Waals surface area contributed by atoms with Crippen LogP contribution in [0.15, 0.2) is 45.8 Å². The Morgan fingerprint density at radius 3 is 2.85 bits per heavy atom. The number of methoxy groups -OCH3 is 1. The van der Waals surface area contributed by atoms with Crippen molar-refractivity contribution in [2.75, 3.05) is 13.7 Å². The quantitative estimate of drug-likeness (QED) is 0.647. The molecule has 27 heavy (non-hydrogen) atoms. The zero-order chi connectivity index (χ0) is 19.2. The SMILES string of the molecule is COC(=O)C1CCCCC1CNC(=O)/C=C/c1coc2ccccc2c1=O. The molecule has 2 aromatic rings. The zero-order valence-electron chi connectivity index (χ0n) is 15.3. The van der Waals surface area contributed by atoms with Gasteiger partial charge in [0.25, 0.3) is 0 Å². The highest BCUT2D eigenvalue weighted by Crippen LogP contribution is 2.30. The number of hydrogen-bond acceptors (Lipinski definition) is 5. The second-order valence-electron chi connectivity index (χ2n) is 6.77. The summed E-state index contributed by atoms with van der Waals surface area (Å²) in [6.07, 6.45) is 7.84. The van der Waals surface area contributed by atoms with Gasteiger partial charge in [-0.2, -0.15) is 0 Å². The van der Waals surface area contributed by atoms with Gasteiger partial charge in [-0.25, -0.2) is 0 Å². The molecular weight excluding hydrogens is 346 g/mol. The third kappa shape index (κ3) is 4.45. The molecule has 6 nitrogen and oxygen atoms in total. The van der Waals surface area contributed by atoms with E-state index in [4.69, 9.17) is 9.15 Å². The zero-order valence-corrected chi connectivity index (χ0v) is 15.3. The number of benzene rings is 1. The summed E-state index contributed by atoms with van der Waals surface area (Å²) >= 11 is 0. The van der Waals surface area contributed by atoms with E-state index < -0.39 is 0 Å². The van der Waals surface area contributed by atoms with Gasteiger partial charge in [0, 0.05) is 12.6 Å². The average Bonchev–Trinajstić information content (AvgIpc) is 2.71. The first-order valence-corrected chi connectivity index (χ1v) is 9.14. The van der Waals surface area contributed by atoms with Gasteiger partial charge in [-0.15, -0.1) is 0 Å². The molecule has 1 aromatic heterocycles. The molecule has 1 heterocycles. The highest BCUT2D eigenvalue weighted by molar-refractivity contribution is 5.92. The number of rotatable bonds is 5. The number of carbonyl (C=O) groups is 2. The van der Waals surface area contributed by atoms with Gasteiger partial charge in [0.2, 0.25) is 5.91 Å². The number of fused-ring (bicyclic) bond motifs is 1. The van der Waals surface area contributed by atoms with Crippen LogP contribution >= 0.6 is 0 Å². The maximum atomic E-state index is 12.4. The first-order chi connectivity index (χ1) is 13.1. The van der Waals surface area contributed by atoms with Crippen molar-refractivity contribution in [2.45, 2.75) is 25.7 Å². The lowest BCUT2D eigenvalue weighted by atomic mass is 9.79. The van der Waals surface area contributed by atoms with Crippen LogP contribution in [-0.2, 0) is 14.3 Å². The monoisotopic (exact) mass is 369 g/mol. The Balaban J connectivity index is 1.63. The molecule has 1 aromatic carbocycles. The van der Waals surface area contributed by atoms with Crippen LogP contribution in [0.4, 0.5) is 0 Å². The number of ether oxygens (including phenoxy) is 1. The molecule has 1 fully saturated rings. The lowest BCUT2D eigenvalue weighted by Crippen LogP contribution is -2.37. The van der Waals surface area contributed by atoms with E-state index in [0.29, 0.717) is 23.1 Å². The van der Waals surface area contributed by atoms with Crippen molar-refractivity contribution in [3.8, 4) is 0 Å². The van der Waals surface area contributed by atoms with E-state index in [0.717, 1.165) is 25.7 Å². The Morgan fingerprint density at radius 1 is 1.26 bits per heavy atom. The van der Waals surface area contributed by atoms with Crippen molar-refractivity contribution in [1.29, 1.82) is 0 Å². The first-order valence-electron chi connectivity index (χ1n) is 9.14. The molecule has 6 heteroatoms. The van der Waals surface area contributed by atoms with Crippen LogP contribution < -0.4 is 10.7 Å². The summed E-state index contributed by atoms with van der Waals surface area (Å²) in [6, 6.07) is 6.97. The van der Waals surface area contributed by atoms with E-state index in [-0.39, 0.29) is 29.1 Å². The third-order valence-corrected chi connectivity index (χ3v) is 5.07. The van der Waals surface area contributed by atoms with Crippen LogP contribution in [0.3, 0.4) is 0 Å². The molecule has 0 saturated heterocycles. The molecule has 0 radical (unpaired) electrons. The van der Waals surface area contributed by atoms with Crippen LogP contribution in [0.5, 0.6) is 0 Å². The van der Waals surface area contributed by atoms with Gasteiger partial charge in [0.1, 0.15) is 11.8 Å². The molecular formula is C21H23NO5. The highest BCUT2D eigenvalue weighted by Gasteiger charge is 2.31. The van der Waals surface area contributed by atoms with Crippen molar-refractivity contribution in [2.24, 2.45) is 11.8 Å². The summed E-state index contributed by atoms with van der Waals surface area (Å²) in [7, 11) is 1.39. The first kappa shape index (κ1) is 18.9. The van der Waals surface area contributed by atoms with Crippen molar-refractivity contribution in [3.05, 3.63) is 52.4 Å². The van der Waals surface area contributed by atoms with Gasteiger partial charge < -0.3 is 14.5 Å². The molecule has 0 aliphatic heterocycles. The minimum atomic E-state index is -0.309. The van der Waals surface area contributed by atoms with Crippen molar-refractivity contribution >= 4 is 28.9 Å². The van der Waals surface area contributed by atoms with Crippen LogP contribution in [0.25, 0.3) is 17.0 Å². The minimum absolute atomic E-state index is 0.0780. The number of amides is 1. The molecule has 0 spiro atoms. The molecule has 0 bridgehead atoms. The van der Waals surface area contributed by atoms with Crippen molar-refractivity contribution in [3.63, 3.8) is 0 Å². The Hall–Kier alpha value is -2.89. The van der Waals surface area contributed by atoms with E-state index in [9.17, 15) is 14.4 Å². The van der Waals surface area contributed by atoms with Crippen molar-refractivity contribution < 1.29 is 18.7 Å². The molecule has 2 unspecified atom stereocenters. The maximum absolute atomic E-state index is 12.4. The summed E-state index contributed by atoms with van der Waals surface area (Å²) in [5, 5.41) is 3.30. The summed E-state index contributed by atoms with van der Waals surface area (Å²) < 4.78 is 10.3. The van der Waals surface area contributed by atoms with Gasteiger partial charge in [0.15, 0.2) is 5.43 Å². The van der Waals surface area contributed by atoms with E-state index >= 15 is 0 Å². The number of esters is 1. The predicted octanol–water partition coefficient (Wildman–Crippen LogP) is 2.90. The molecule has 1 saturated carbocycles. The van der Waals surface area contributed by atoms with Gasteiger partial charge >= 0.3 is 5.97 Å². The lowest BCUT2D eigenvalue weighted by Gasteiger charge is -2.29. The van der Waals surface area contributed by atoms with Crippen molar-refractivity contribution in [1.82, 2.24) is 5.32 Å². The maximum Gasteiger partial charge on any atom is 0.309 e. The second-order valence-corrected chi connectivity index (χ2v) is 6.77. The van der Waals surface area contributed by atoms with Gasteiger partial charge in [0.05, 0.1) is 24.0 Å². The van der Waals surface area contributed by atoms with E-state index in [1.165, 1.54) is 25.5 Å². The average molecular weight is 369 g/mol. The number of hydrogen-bond donors (Lipinski definition) is 1. The smallest absolute Gasteiger partial charge is 0.309 e.